The summed E-state index contributed by atoms with van der Waals surface area (Å²) in [7, 11) is 0. The highest BCUT2D eigenvalue weighted by Crippen LogP contribution is 2.13. The molecule has 0 aliphatic carbocycles. The molecule has 0 aromatic heterocycles. The quantitative estimate of drug-likeness (QED) is 0.888. The average molecular weight is 285 g/mol. The maximum atomic E-state index is 12.0. The van der Waals surface area contributed by atoms with Crippen LogP contribution in [0.2, 0.25) is 0 Å². The van der Waals surface area contributed by atoms with Crippen LogP contribution in [-0.2, 0) is 9.53 Å². The van der Waals surface area contributed by atoms with Crippen LogP contribution in [0.1, 0.15) is 30.0 Å². The third kappa shape index (κ3) is 4.49. The SMILES string of the molecule is Cc1ccc(C(N)C(=O)NC2CCOCC2)cc1.Cl. The van der Waals surface area contributed by atoms with Crippen LogP contribution in [0.15, 0.2) is 24.3 Å². The fourth-order valence-electron chi connectivity index (χ4n) is 2.06. The zero-order chi connectivity index (χ0) is 13.0. The summed E-state index contributed by atoms with van der Waals surface area (Å²) in [6.45, 7) is 3.44. The van der Waals surface area contributed by atoms with Crippen LogP contribution in [0.3, 0.4) is 0 Å². The van der Waals surface area contributed by atoms with Crippen LogP contribution in [0, 0.1) is 6.92 Å². The van der Waals surface area contributed by atoms with Crippen molar-refractivity contribution >= 4 is 18.3 Å². The zero-order valence-electron chi connectivity index (χ0n) is 11.1. The number of halogens is 1. The topological polar surface area (TPSA) is 64.4 Å². The van der Waals surface area contributed by atoms with Crippen molar-refractivity contribution < 1.29 is 9.53 Å². The molecule has 0 spiro atoms. The van der Waals surface area contributed by atoms with Crippen LogP contribution in [0.25, 0.3) is 0 Å². The van der Waals surface area contributed by atoms with E-state index in [9.17, 15) is 4.79 Å². The van der Waals surface area contributed by atoms with Crippen molar-refractivity contribution in [3.8, 4) is 0 Å². The van der Waals surface area contributed by atoms with E-state index in [0.29, 0.717) is 13.2 Å². The van der Waals surface area contributed by atoms with E-state index < -0.39 is 6.04 Å². The Balaban J connectivity index is 0.00000180. The molecule has 1 aliphatic rings. The minimum atomic E-state index is -0.589. The van der Waals surface area contributed by atoms with Crippen molar-refractivity contribution in [3.05, 3.63) is 35.4 Å². The standard InChI is InChI=1S/C14H20N2O2.ClH/c1-10-2-4-11(5-3-10)13(15)14(17)16-12-6-8-18-9-7-12;/h2-5,12-13H,6-9,15H2,1H3,(H,16,17);1H. The summed E-state index contributed by atoms with van der Waals surface area (Å²) in [5.74, 6) is -0.106. The lowest BCUT2D eigenvalue weighted by atomic mass is 10.0. The Kier molecular flexibility index (Phi) is 6.28. The number of hydrogen-bond acceptors (Lipinski definition) is 3. The Morgan fingerprint density at radius 3 is 2.47 bits per heavy atom. The molecule has 0 saturated carbocycles. The number of rotatable bonds is 3. The van der Waals surface area contributed by atoms with Gasteiger partial charge in [0.25, 0.3) is 0 Å². The first-order valence-electron chi connectivity index (χ1n) is 6.37. The second kappa shape index (κ2) is 7.48. The number of carbonyl (C=O) groups excluding carboxylic acids is 1. The van der Waals surface area contributed by atoms with Crippen molar-refractivity contribution in [2.24, 2.45) is 5.73 Å². The first-order valence-corrected chi connectivity index (χ1v) is 6.37. The lowest BCUT2D eigenvalue weighted by Crippen LogP contribution is -2.43. The van der Waals surface area contributed by atoms with Gasteiger partial charge in [0, 0.05) is 19.3 Å². The molecule has 1 saturated heterocycles. The van der Waals surface area contributed by atoms with E-state index in [4.69, 9.17) is 10.5 Å². The molecule has 0 bridgehead atoms. The number of ether oxygens (including phenoxy) is 1. The van der Waals surface area contributed by atoms with Gasteiger partial charge in [0.1, 0.15) is 6.04 Å². The van der Waals surface area contributed by atoms with Gasteiger partial charge < -0.3 is 15.8 Å². The molecule has 1 atom stereocenters. The molecule has 5 heteroatoms. The Morgan fingerprint density at radius 2 is 1.89 bits per heavy atom. The molecular formula is C14H21ClN2O2. The van der Waals surface area contributed by atoms with E-state index in [-0.39, 0.29) is 24.4 Å². The second-order valence-electron chi connectivity index (χ2n) is 4.78. The highest BCUT2D eigenvalue weighted by atomic mass is 35.5. The number of amides is 1. The molecule has 1 aliphatic heterocycles. The number of nitrogens with two attached hydrogens (primary N) is 1. The fraction of sp³-hybridized carbons (Fsp3) is 0.500. The van der Waals surface area contributed by atoms with Crippen molar-refractivity contribution in [3.63, 3.8) is 0 Å². The van der Waals surface area contributed by atoms with Gasteiger partial charge in [-0.15, -0.1) is 12.4 Å². The molecule has 106 valence electrons. The van der Waals surface area contributed by atoms with E-state index in [2.05, 4.69) is 5.32 Å². The Hall–Kier alpha value is -1.10. The van der Waals surface area contributed by atoms with Gasteiger partial charge in [0.05, 0.1) is 0 Å². The number of hydrogen-bond donors (Lipinski definition) is 2. The normalized spacial score (nSPS) is 17.4. The zero-order valence-corrected chi connectivity index (χ0v) is 11.9. The smallest absolute Gasteiger partial charge is 0.241 e. The Labute approximate surface area is 120 Å². The lowest BCUT2D eigenvalue weighted by molar-refractivity contribution is -0.123. The summed E-state index contributed by atoms with van der Waals surface area (Å²) in [5, 5.41) is 2.99. The average Bonchev–Trinajstić information content (AvgIpc) is 2.40. The minimum absolute atomic E-state index is 0. The van der Waals surface area contributed by atoms with E-state index in [0.717, 1.165) is 24.0 Å². The molecule has 0 radical (unpaired) electrons. The predicted molar refractivity (Wildman–Crippen MR) is 77.3 cm³/mol. The summed E-state index contributed by atoms with van der Waals surface area (Å²) in [5.41, 5.74) is 7.98. The molecule has 1 amide bonds. The van der Waals surface area contributed by atoms with E-state index in [1.807, 2.05) is 31.2 Å². The van der Waals surface area contributed by atoms with Gasteiger partial charge in [-0.25, -0.2) is 0 Å². The Bertz CT molecular complexity index is 402. The van der Waals surface area contributed by atoms with Gasteiger partial charge in [0.2, 0.25) is 5.91 Å². The van der Waals surface area contributed by atoms with Crippen molar-refractivity contribution in [2.45, 2.75) is 31.8 Å². The number of carbonyl (C=O) groups is 1. The predicted octanol–water partition coefficient (Wildman–Crippen LogP) is 1.71. The van der Waals surface area contributed by atoms with Crippen molar-refractivity contribution in [2.75, 3.05) is 13.2 Å². The van der Waals surface area contributed by atoms with Gasteiger partial charge in [-0.05, 0) is 25.3 Å². The van der Waals surface area contributed by atoms with E-state index in [1.165, 1.54) is 0 Å². The molecule has 3 N–H and O–H groups in total. The monoisotopic (exact) mass is 284 g/mol. The van der Waals surface area contributed by atoms with Gasteiger partial charge in [-0.2, -0.15) is 0 Å². The second-order valence-corrected chi connectivity index (χ2v) is 4.78. The molecule has 1 aromatic carbocycles. The van der Waals surface area contributed by atoms with Crippen molar-refractivity contribution in [1.82, 2.24) is 5.32 Å². The maximum absolute atomic E-state index is 12.0. The third-order valence-corrected chi connectivity index (χ3v) is 3.29. The van der Waals surface area contributed by atoms with Crippen LogP contribution in [0.4, 0.5) is 0 Å². The highest BCUT2D eigenvalue weighted by molar-refractivity contribution is 5.85. The highest BCUT2D eigenvalue weighted by Gasteiger charge is 2.21. The van der Waals surface area contributed by atoms with Gasteiger partial charge in [0.15, 0.2) is 0 Å². The lowest BCUT2D eigenvalue weighted by Gasteiger charge is -2.24. The van der Waals surface area contributed by atoms with Crippen LogP contribution >= 0.6 is 12.4 Å². The summed E-state index contributed by atoms with van der Waals surface area (Å²) in [6.07, 6.45) is 1.73. The molecule has 1 unspecified atom stereocenters. The number of aryl methyl sites for hydroxylation is 1. The third-order valence-electron chi connectivity index (χ3n) is 3.29. The first-order chi connectivity index (χ1) is 8.66. The van der Waals surface area contributed by atoms with E-state index >= 15 is 0 Å². The molecule has 1 fully saturated rings. The summed E-state index contributed by atoms with van der Waals surface area (Å²) in [4.78, 5) is 12.0. The molecule has 4 nitrogen and oxygen atoms in total. The van der Waals surface area contributed by atoms with E-state index in [1.54, 1.807) is 0 Å². The minimum Gasteiger partial charge on any atom is -0.381 e. The summed E-state index contributed by atoms with van der Waals surface area (Å²) in [6, 6.07) is 7.36. The molecule has 1 heterocycles. The fourth-order valence-corrected chi connectivity index (χ4v) is 2.06. The maximum Gasteiger partial charge on any atom is 0.241 e. The van der Waals surface area contributed by atoms with Crippen LogP contribution < -0.4 is 11.1 Å². The van der Waals surface area contributed by atoms with Gasteiger partial charge in [-0.3, -0.25) is 4.79 Å². The molecular weight excluding hydrogens is 264 g/mol. The van der Waals surface area contributed by atoms with Crippen LogP contribution in [-0.4, -0.2) is 25.2 Å². The Morgan fingerprint density at radius 1 is 1.32 bits per heavy atom. The molecule has 1 aromatic rings. The molecule has 2 rings (SSSR count). The largest absolute Gasteiger partial charge is 0.381 e. The van der Waals surface area contributed by atoms with Gasteiger partial charge in [-0.1, -0.05) is 29.8 Å². The van der Waals surface area contributed by atoms with Gasteiger partial charge >= 0.3 is 0 Å². The summed E-state index contributed by atoms with van der Waals surface area (Å²) < 4.78 is 5.26. The summed E-state index contributed by atoms with van der Waals surface area (Å²) >= 11 is 0. The number of nitrogens with one attached hydrogen (secondary N) is 1. The first kappa shape index (κ1) is 16.0. The number of benzene rings is 1. The molecule has 19 heavy (non-hydrogen) atoms. The van der Waals surface area contributed by atoms with Crippen LogP contribution in [0.5, 0.6) is 0 Å². The van der Waals surface area contributed by atoms with Crippen molar-refractivity contribution in [1.29, 1.82) is 0 Å².